The van der Waals surface area contributed by atoms with E-state index < -0.39 is 0 Å². The van der Waals surface area contributed by atoms with Crippen LogP contribution in [0, 0.1) is 11.3 Å². The summed E-state index contributed by atoms with van der Waals surface area (Å²) < 4.78 is 10.6. The van der Waals surface area contributed by atoms with Gasteiger partial charge in [0.15, 0.2) is 0 Å². The molecular formula is C13H19NO2. The van der Waals surface area contributed by atoms with Crippen LogP contribution in [0.4, 0.5) is 0 Å². The van der Waals surface area contributed by atoms with Crippen molar-refractivity contribution in [3.8, 4) is 0 Å². The van der Waals surface area contributed by atoms with E-state index in [0.717, 1.165) is 19.5 Å². The lowest BCUT2D eigenvalue weighted by molar-refractivity contribution is 0.116. The summed E-state index contributed by atoms with van der Waals surface area (Å²) in [4.78, 5) is 0. The molecule has 1 fully saturated rings. The van der Waals surface area contributed by atoms with Gasteiger partial charge in [-0.2, -0.15) is 0 Å². The van der Waals surface area contributed by atoms with Gasteiger partial charge in [0.25, 0.3) is 0 Å². The molecule has 3 rings (SSSR count). The maximum absolute atomic E-state index is 5.33. The molecule has 3 aliphatic rings. The summed E-state index contributed by atoms with van der Waals surface area (Å²) in [5.41, 5.74) is 1.85. The van der Waals surface area contributed by atoms with E-state index in [1.807, 2.05) is 0 Å². The van der Waals surface area contributed by atoms with Crippen LogP contribution in [0.1, 0.15) is 12.8 Å². The fourth-order valence-corrected chi connectivity index (χ4v) is 2.85. The van der Waals surface area contributed by atoms with E-state index in [2.05, 4.69) is 17.5 Å². The Morgan fingerprint density at radius 1 is 1.50 bits per heavy atom. The second-order valence-corrected chi connectivity index (χ2v) is 5.08. The molecule has 0 aliphatic heterocycles. The summed E-state index contributed by atoms with van der Waals surface area (Å²) in [5, 5.41) is 3.53. The third kappa shape index (κ3) is 1.42. The molecule has 3 heteroatoms. The van der Waals surface area contributed by atoms with E-state index in [1.165, 1.54) is 17.8 Å². The first-order chi connectivity index (χ1) is 7.79. The zero-order valence-electron chi connectivity index (χ0n) is 9.95. The van der Waals surface area contributed by atoms with Crippen LogP contribution in [-0.2, 0) is 9.47 Å². The number of ether oxygens (including phenoxy) is 2. The Hall–Kier alpha value is -0.800. The molecule has 0 bridgehead atoms. The number of fused-ring (bicyclic) bond motifs is 1. The summed E-state index contributed by atoms with van der Waals surface area (Å²) in [6.45, 7) is 2.06. The Kier molecular flexibility index (Phi) is 2.33. The first-order valence-corrected chi connectivity index (χ1v) is 5.98. The maximum Gasteiger partial charge on any atom is 0.0962 e. The van der Waals surface area contributed by atoms with Gasteiger partial charge in [-0.25, -0.2) is 0 Å². The van der Waals surface area contributed by atoms with Crippen LogP contribution in [0.25, 0.3) is 0 Å². The summed E-state index contributed by atoms with van der Waals surface area (Å²) in [7, 11) is 3.55. The third-order valence-corrected chi connectivity index (χ3v) is 4.20. The zero-order valence-corrected chi connectivity index (χ0v) is 9.95. The van der Waals surface area contributed by atoms with Gasteiger partial charge in [0, 0.05) is 31.5 Å². The first-order valence-electron chi connectivity index (χ1n) is 5.98. The van der Waals surface area contributed by atoms with E-state index >= 15 is 0 Å². The molecule has 0 saturated heterocycles. The molecule has 3 aliphatic carbocycles. The van der Waals surface area contributed by atoms with Gasteiger partial charge < -0.3 is 14.8 Å². The van der Waals surface area contributed by atoms with Crippen LogP contribution in [0.2, 0.25) is 0 Å². The smallest absolute Gasteiger partial charge is 0.0962 e. The quantitative estimate of drug-likeness (QED) is 0.689. The zero-order chi connectivity index (χ0) is 11.2. The lowest BCUT2D eigenvalue weighted by Gasteiger charge is -2.28. The Morgan fingerprint density at radius 3 is 2.94 bits per heavy atom. The first kappa shape index (κ1) is 10.4. The van der Waals surface area contributed by atoms with Gasteiger partial charge in [0.05, 0.1) is 19.0 Å². The molecule has 3 nitrogen and oxygen atoms in total. The predicted octanol–water partition coefficient (Wildman–Crippen LogP) is 1.47. The van der Waals surface area contributed by atoms with E-state index in [-0.39, 0.29) is 0 Å². The SMILES string of the molecule is COC1=CC2(CNCC3=CCC3OC)CC12. The topological polar surface area (TPSA) is 30.5 Å². The standard InChI is InChI=1S/C13H19NO2/c1-15-11-4-3-9(11)7-14-8-13-5-10(13)12(6-13)16-2/h3,6,10-11,14H,4-5,7-8H2,1-2H3. The summed E-state index contributed by atoms with van der Waals surface area (Å²) in [5.74, 6) is 1.90. The molecule has 1 saturated carbocycles. The molecule has 0 spiro atoms. The number of rotatable bonds is 6. The van der Waals surface area contributed by atoms with Crippen LogP contribution in [0.15, 0.2) is 23.5 Å². The molecule has 0 aromatic heterocycles. The van der Waals surface area contributed by atoms with Crippen molar-refractivity contribution >= 4 is 0 Å². The molecule has 1 N–H and O–H groups in total. The van der Waals surface area contributed by atoms with Crippen molar-refractivity contribution in [2.45, 2.75) is 18.9 Å². The van der Waals surface area contributed by atoms with Crippen molar-refractivity contribution in [2.75, 3.05) is 27.3 Å². The number of hydrogen-bond acceptors (Lipinski definition) is 3. The summed E-state index contributed by atoms with van der Waals surface area (Å²) >= 11 is 0. The maximum atomic E-state index is 5.33. The molecule has 88 valence electrons. The van der Waals surface area contributed by atoms with Gasteiger partial charge in [-0.1, -0.05) is 6.08 Å². The van der Waals surface area contributed by atoms with Crippen LogP contribution in [-0.4, -0.2) is 33.4 Å². The summed E-state index contributed by atoms with van der Waals surface area (Å²) in [6, 6.07) is 0. The Morgan fingerprint density at radius 2 is 2.38 bits per heavy atom. The summed E-state index contributed by atoms with van der Waals surface area (Å²) in [6.07, 6.45) is 7.27. The number of hydrogen-bond donors (Lipinski definition) is 1. The number of allylic oxidation sites excluding steroid dienone is 1. The van der Waals surface area contributed by atoms with Crippen molar-refractivity contribution in [1.82, 2.24) is 5.32 Å². The molecule has 3 atom stereocenters. The van der Waals surface area contributed by atoms with Gasteiger partial charge in [-0.3, -0.25) is 0 Å². The molecule has 16 heavy (non-hydrogen) atoms. The van der Waals surface area contributed by atoms with E-state index in [0.29, 0.717) is 17.4 Å². The van der Waals surface area contributed by atoms with Gasteiger partial charge >= 0.3 is 0 Å². The monoisotopic (exact) mass is 221 g/mol. The average Bonchev–Trinajstić information content (AvgIpc) is 2.80. The average molecular weight is 221 g/mol. The fraction of sp³-hybridized carbons (Fsp3) is 0.692. The Balaban J connectivity index is 1.42. The van der Waals surface area contributed by atoms with Crippen molar-refractivity contribution in [3.05, 3.63) is 23.5 Å². The Bertz CT molecular complexity index is 361. The lowest BCUT2D eigenvalue weighted by atomic mass is 9.91. The molecular weight excluding hydrogens is 202 g/mol. The minimum Gasteiger partial charge on any atom is -0.501 e. The highest BCUT2D eigenvalue weighted by Gasteiger charge is 2.62. The van der Waals surface area contributed by atoms with Gasteiger partial charge in [-0.15, -0.1) is 0 Å². The number of nitrogens with one attached hydrogen (secondary N) is 1. The molecule has 3 unspecified atom stereocenters. The molecule has 0 heterocycles. The van der Waals surface area contributed by atoms with Gasteiger partial charge in [0.1, 0.15) is 0 Å². The van der Waals surface area contributed by atoms with Gasteiger partial charge in [0.2, 0.25) is 0 Å². The molecule has 0 aromatic rings. The van der Waals surface area contributed by atoms with E-state index in [1.54, 1.807) is 14.2 Å². The van der Waals surface area contributed by atoms with Crippen molar-refractivity contribution in [3.63, 3.8) is 0 Å². The second-order valence-electron chi connectivity index (χ2n) is 5.08. The highest BCUT2D eigenvalue weighted by atomic mass is 16.5. The predicted molar refractivity (Wildman–Crippen MR) is 62.0 cm³/mol. The van der Waals surface area contributed by atoms with E-state index in [9.17, 15) is 0 Å². The molecule has 0 aromatic carbocycles. The number of methoxy groups -OCH3 is 2. The largest absolute Gasteiger partial charge is 0.501 e. The van der Waals surface area contributed by atoms with Crippen LogP contribution in [0.3, 0.4) is 0 Å². The van der Waals surface area contributed by atoms with Crippen molar-refractivity contribution in [1.29, 1.82) is 0 Å². The lowest BCUT2D eigenvalue weighted by Crippen LogP contribution is -2.34. The fourth-order valence-electron chi connectivity index (χ4n) is 2.85. The highest BCUT2D eigenvalue weighted by Crippen LogP contribution is 2.65. The van der Waals surface area contributed by atoms with Gasteiger partial charge in [-0.05, 0) is 24.5 Å². The third-order valence-electron chi connectivity index (χ3n) is 4.20. The molecule has 0 radical (unpaired) electrons. The van der Waals surface area contributed by atoms with Crippen molar-refractivity contribution in [2.24, 2.45) is 11.3 Å². The second kappa shape index (κ2) is 3.60. The normalized spacial score (nSPS) is 38.9. The Labute approximate surface area is 96.5 Å². The van der Waals surface area contributed by atoms with Crippen LogP contribution >= 0.6 is 0 Å². The minimum atomic E-state index is 0.367. The minimum absolute atomic E-state index is 0.367. The highest BCUT2D eigenvalue weighted by molar-refractivity contribution is 5.37. The van der Waals surface area contributed by atoms with E-state index in [4.69, 9.17) is 9.47 Å². The van der Waals surface area contributed by atoms with Crippen molar-refractivity contribution < 1.29 is 9.47 Å². The molecule has 0 amide bonds. The van der Waals surface area contributed by atoms with Crippen LogP contribution in [0.5, 0.6) is 0 Å². The van der Waals surface area contributed by atoms with Crippen LogP contribution < -0.4 is 5.32 Å².